The average molecular weight is 228 g/mol. The molecule has 0 rings (SSSR count). The molecule has 0 spiro atoms. The molecular formula is C12H24N2S. The van der Waals surface area contributed by atoms with Crippen molar-refractivity contribution in [2.24, 2.45) is 11.7 Å². The summed E-state index contributed by atoms with van der Waals surface area (Å²) in [5, 5.41) is 9.60. The SMILES string of the molecule is CCC(N)(C#N)CCCSC(C)C(C)C. The van der Waals surface area contributed by atoms with Gasteiger partial charge in [0.15, 0.2) is 0 Å². The molecule has 0 amide bonds. The number of hydrogen-bond acceptors (Lipinski definition) is 3. The summed E-state index contributed by atoms with van der Waals surface area (Å²) in [6.45, 7) is 8.72. The van der Waals surface area contributed by atoms with E-state index in [4.69, 9.17) is 11.0 Å². The Bertz CT molecular complexity index is 210. The molecule has 0 aliphatic heterocycles. The molecule has 2 N–H and O–H groups in total. The Morgan fingerprint density at radius 3 is 2.40 bits per heavy atom. The first-order valence-corrected chi connectivity index (χ1v) is 6.82. The molecule has 2 atom stereocenters. The summed E-state index contributed by atoms with van der Waals surface area (Å²) in [6.07, 6.45) is 2.60. The Labute approximate surface area is 98.6 Å². The largest absolute Gasteiger partial charge is 0.313 e. The number of rotatable bonds is 7. The molecule has 0 saturated carbocycles. The van der Waals surface area contributed by atoms with Crippen molar-refractivity contribution in [1.29, 1.82) is 5.26 Å². The third kappa shape index (κ3) is 6.06. The second-order valence-corrected chi connectivity index (χ2v) is 6.03. The maximum atomic E-state index is 8.90. The predicted octanol–water partition coefficient (Wildman–Crippen LogP) is 3.18. The monoisotopic (exact) mass is 228 g/mol. The van der Waals surface area contributed by atoms with Gasteiger partial charge in [-0.2, -0.15) is 17.0 Å². The van der Waals surface area contributed by atoms with Crippen molar-refractivity contribution in [3.05, 3.63) is 0 Å². The quantitative estimate of drug-likeness (QED) is 0.681. The molecule has 0 aromatic rings. The van der Waals surface area contributed by atoms with Crippen LogP contribution < -0.4 is 5.73 Å². The first-order chi connectivity index (χ1) is 6.95. The van der Waals surface area contributed by atoms with E-state index in [1.807, 2.05) is 18.7 Å². The Kier molecular flexibility index (Phi) is 7.04. The minimum Gasteiger partial charge on any atom is -0.313 e. The fourth-order valence-electron chi connectivity index (χ4n) is 1.16. The minimum atomic E-state index is -0.596. The van der Waals surface area contributed by atoms with Crippen LogP contribution in [-0.2, 0) is 0 Å². The van der Waals surface area contributed by atoms with E-state index in [9.17, 15) is 0 Å². The van der Waals surface area contributed by atoms with Gasteiger partial charge in [-0.1, -0.05) is 27.7 Å². The zero-order valence-corrected chi connectivity index (χ0v) is 11.2. The summed E-state index contributed by atoms with van der Waals surface area (Å²) < 4.78 is 0. The highest BCUT2D eigenvalue weighted by Gasteiger charge is 2.21. The lowest BCUT2D eigenvalue weighted by Gasteiger charge is -2.20. The Hall–Kier alpha value is -0.200. The van der Waals surface area contributed by atoms with Gasteiger partial charge in [0.05, 0.1) is 6.07 Å². The highest BCUT2D eigenvalue weighted by molar-refractivity contribution is 7.99. The highest BCUT2D eigenvalue weighted by Crippen LogP contribution is 2.22. The van der Waals surface area contributed by atoms with E-state index >= 15 is 0 Å². The summed E-state index contributed by atoms with van der Waals surface area (Å²) in [7, 11) is 0. The van der Waals surface area contributed by atoms with Gasteiger partial charge in [-0.15, -0.1) is 0 Å². The zero-order chi connectivity index (χ0) is 11.9. The maximum absolute atomic E-state index is 8.90. The van der Waals surface area contributed by atoms with Crippen LogP contribution in [0.25, 0.3) is 0 Å². The van der Waals surface area contributed by atoms with Gasteiger partial charge in [-0.25, -0.2) is 0 Å². The van der Waals surface area contributed by atoms with Crippen molar-refractivity contribution in [3.63, 3.8) is 0 Å². The molecule has 0 fully saturated rings. The summed E-state index contributed by atoms with van der Waals surface area (Å²) in [5.74, 6) is 1.83. The molecule has 0 aliphatic rings. The molecule has 0 aliphatic carbocycles. The van der Waals surface area contributed by atoms with E-state index in [-0.39, 0.29) is 0 Å². The second kappa shape index (κ2) is 7.14. The first kappa shape index (κ1) is 14.8. The van der Waals surface area contributed by atoms with Gasteiger partial charge in [0.25, 0.3) is 0 Å². The molecule has 0 saturated heterocycles. The molecule has 0 aromatic heterocycles. The van der Waals surface area contributed by atoms with Gasteiger partial charge in [0.1, 0.15) is 5.54 Å². The Balaban J connectivity index is 3.68. The van der Waals surface area contributed by atoms with E-state index < -0.39 is 5.54 Å². The average Bonchev–Trinajstić information content (AvgIpc) is 2.23. The topological polar surface area (TPSA) is 49.8 Å². The maximum Gasteiger partial charge on any atom is 0.104 e. The lowest BCUT2D eigenvalue weighted by molar-refractivity contribution is 0.478. The third-order valence-corrected chi connectivity index (χ3v) is 4.53. The number of nitrogens with zero attached hydrogens (tertiary/aromatic N) is 1. The normalized spacial score (nSPS) is 17.1. The minimum absolute atomic E-state index is 0.596. The van der Waals surface area contributed by atoms with Crippen molar-refractivity contribution in [1.82, 2.24) is 0 Å². The van der Waals surface area contributed by atoms with Crippen LogP contribution in [-0.4, -0.2) is 16.5 Å². The van der Waals surface area contributed by atoms with Crippen LogP contribution >= 0.6 is 11.8 Å². The number of nitrogens with two attached hydrogens (primary N) is 1. The van der Waals surface area contributed by atoms with Crippen LogP contribution in [0.4, 0.5) is 0 Å². The summed E-state index contributed by atoms with van der Waals surface area (Å²) in [6, 6.07) is 2.21. The number of nitriles is 1. The molecule has 88 valence electrons. The van der Waals surface area contributed by atoms with Gasteiger partial charge in [0.2, 0.25) is 0 Å². The number of hydrogen-bond donors (Lipinski definition) is 1. The Morgan fingerprint density at radius 1 is 1.40 bits per heavy atom. The summed E-state index contributed by atoms with van der Waals surface area (Å²) >= 11 is 1.98. The third-order valence-electron chi connectivity index (χ3n) is 2.94. The van der Waals surface area contributed by atoms with Crippen LogP contribution in [0.1, 0.15) is 47.0 Å². The molecule has 2 nitrogen and oxygen atoms in total. The van der Waals surface area contributed by atoms with Crippen LogP contribution in [0.5, 0.6) is 0 Å². The van der Waals surface area contributed by atoms with Crippen molar-refractivity contribution in [3.8, 4) is 6.07 Å². The van der Waals surface area contributed by atoms with E-state index in [1.165, 1.54) is 0 Å². The van der Waals surface area contributed by atoms with Crippen molar-refractivity contribution >= 4 is 11.8 Å². The van der Waals surface area contributed by atoms with Crippen molar-refractivity contribution < 1.29 is 0 Å². The van der Waals surface area contributed by atoms with Gasteiger partial charge >= 0.3 is 0 Å². The van der Waals surface area contributed by atoms with E-state index in [0.717, 1.165) is 30.9 Å². The Morgan fingerprint density at radius 2 is 2.00 bits per heavy atom. The van der Waals surface area contributed by atoms with Gasteiger partial charge < -0.3 is 5.73 Å². The van der Waals surface area contributed by atoms with Crippen LogP contribution in [0.2, 0.25) is 0 Å². The zero-order valence-electron chi connectivity index (χ0n) is 10.4. The van der Waals surface area contributed by atoms with Gasteiger partial charge in [-0.05, 0) is 30.9 Å². The molecule has 0 bridgehead atoms. The number of thioether (sulfide) groups is 1. The molecule has 0 radical (unpaired) electrons. The first-order valence-electron chi connectivity index (χ1n) is 5.77. The standard InChI is InChI=1S/C12H24N2S/c1-5-12(14,9-13)7-6-8-15-11(4)10(2)3/h10-11H,5-8,14H2,1-4H3. The molecule has 0 heterocycles. The fourth-order valence-corrected chi connectivity index (χ4v) is 2.23. The van der Waals surface area contributed by atoms with Crippen LogP contribution in [0.15, 0.2) is 0 Å². The van der Waals surface area contributed by atoms with Crippen molar-refractivity contribution in [2.45, 2.75) is 57.7 Å². The lowest BCUT2D eigenvalue weighted by atomic mass is 9.94. The predicted molar refractivity (Wildman–Crippen MR) is 68.8 cm³/mol. The lowest BCUT2D eigenvalue weighted by Crippen LogP contribution is -2.37. The molecular weight excluding hydrogens is 204 g/mol. The van der Waals surface area contributed by atoms with E-state index in [1.54, 1.807) is 0 Å². The second-order valence-electron chi connectivity index (χ2n) is 4.54. The molecule has 2 unspecified atom stereocenters. The van der Waals surface area contributed by atoms with Gasteiger partial charge in [0, 0.05) is 5.25 Å². The highest BCUT2D eigenvalue weighted by atomic mass is 32.2. The van der Waals surface area contributed by atoms with Gasteiger partial charge in [-0.3, -0.25) is 0 Å². The molecule has 15 heavy (non-hydrogen) atoms. The molecule has 0 aromatic carbocycles. The van der Waals surface area contributed by atoms with E-state index in [0.29, 0.717) is 5.25 Å². The summed E-state index contributed by atoms with van der Waals surface area (Å²) in [5.41, 5.74) is 5.31. The smallest absolute Gasteiger partial charge is 0.104 e. The summed E-state index contributed by atoms with van der Waals surface area (Å²) in [4.78, 5) is 0. The van der Waals surface area contributed by atoms with Crippen LogP contribution in [0.3, 0.4) is 0 Å². The fraction of sp³-hybridized carbons (Fsp3) is 0.917. The van der Waals surface area contributed by atoms with E-state index in [2.05, 4.69) is 26.8 Å². The molecule has 3 heteroatoms. The van der Waals surface area contributed by atoms with Crippen molar-refractivity contribution in [2.75, 3.05) is 5.75 Å². The van der Waals surface area contributed by atoms with Crippen LogP contribution in [0, 0.1) is 17.2 Å².